The molecular weight excluding hydrogens is 372 g/mol. The number of nitrogens with one attached hydrogen (secondary N) is 1. The first-order valence-corrected chi connectivity index (χ1v) is 10.4. The van der Waals surface area contributed by atoms with Crippen LogP contribution in [0.3, 0.4) is 0 Å². The van der Waals surface area contributed by atoms with Gasteiger partial charge in [0.2, 0.25) is 11.8 Å². The van der Waals surface area contributed by atoms with Crippen molar-refractivity contribution in [2.24, 2.45) is 0 Å². The lowest BCUT2D eigenvalue weighted by atomic mass is 10.1. The maximum absolute atomic E-state index is 12.4. The standard InChI is InChI=1S/C22H26N2O3S/c1-15(2)28-18-9-6-16(7-10-18)13-21(25)23-17-8-11-19(20(14-17)27-3)24-12-4-5-22(24)26/h6-11,14-15H,4-5,12-13H2,1-3H3,(H,23,25). The van der Waals surface area contributed by atoms with Gasteiger partial charge >= 0.3 is 0 Å². The van der Waals surface area contributed by atoms with E-state index in [1.807, 2.05) is 24.3 Å². The molecule has 28 heavy (non-hydrogen) atoms. The molecule has 0 unspecified atom stereocenters. The Balaban J connectivity index is 1.64. The van der Waals surface area contributed by atoms with E-state index in [-0.39, 0.29) is 11.8 Å². The highest BCUT2D eigenvalue weighted by Gasteiger charge is 2.24. The summed E-state index contributed by atoms with van der Waals surface area (Å²) in [5.41, 5.74) is 2.38. The summed E-state index contributed by atoms with van der Waals surface area (Å²) in [6, 6.07) is 13.5. The van der Waals surface area contributed by atoms with Crippen molar-refractivity contribution in [2.75, 3.05) is 23.9 Å². The fraction of sp³-hybridized carbons (Fsp3) is 0.364. The van der Waals surface area contributed by atoms with Gasteiger partial charge in [0.05, 0.1) is 19.2 Å². The van der Waals surface area contributed by atoms with Gasteiger partial charge in [-0.2, -0.15) is 0 Å². The molecular formula is C22H26N2O3S. The molecule has 2 aromatic carbocycles. The van der Waals surface area contributed by atoms with Crippen LogP contribution in [0.1, 0.15) is 32.3 Å². The molecule has 1 aliphatic rings. The van der Waals surface area contributed by atoms with Crippen LogP contribution in [0.25, 0.3) is 0 Å². The van der Waals surface area contributed by atoms with Gasteiger partial charge in [-0.1, -0.05) is 26.0 Å². The zero-order chi connectivity index (χ0) is 20.1. The molecule has 0 saturated carbocycles. The SMILES string of the molecule is COc1cc(NC(=O)Cc2ccc(SC(C)C)cc2)ccc1N1CCCC1=O. The number of carbonyl (C=O) groups excluding carboxylic acids is 2. The average Bonchev–Trinajstić information content (AvgIpc) is 3.08. The largest absolute Gasteiger partial charge is 0.494 e. The number of benzene rings is 2. The summed E-state index contributed by atoms with van der Waals surface area (Å²) >= 11 is 1.80. The van der Waals surface area contributed by atoms with Gasteiger partial charge in [-0.05, 0) is 36.2 Å². The number of amides is 2. The number of thioether (sulfide) groups is 1. The van der Waals surface area contributed by atoms with Crippen LogP contribution in [0.15, 0.2) is 47.4 Å². The highest BCUT2D eigenvalue weighted by molar-refractivity contribution is 7.99. The lowest BCUT2D eigenvalue weighted by Crippen LogP contribution is -2.24. The van der Waals surface area contributed by atoms with Gasteiger partial charge in [-0.3, -0.25) is 9.59 Å². The molecule has 0 aliphatic carbocycles. The van der Waals surface area contributed by atoms with E-state index in [9.17, 15) is 9.59 Å². The third kappa shape index (κ3) is 5.07. The van der Waals surface area contributed by atoms with Crippen LogP contribution >= 0.6 is 11.8 Å². The van der Waals surface area contributed by atoms with Gasteiger partial charge in [-0.15, -0.1) is 11.8 Å². The number of methoxy groups -OCH3 is 1. The van der Waals surface area contributed by atoms with E-state index in [1.165, 1.54) is 4.90 Å². The lowest BCUT2D eigenvalue weighted by Gasteiger charge is -2.19. The van der Waals surface area contributed by atoms with Crippen LogP contribution in [0.4, 0.5) is 11.4 Å². The van der Waals surface area contributed by atoms with Crippen molar-refractivity contribution in [3.05, 3.63) is 48.0 Å². The third-order valence-electron chi connectivity index (χ3n) is 4.49. The molecule has 6 heteroatoms. The van der Waals surface area contributed by atoms with E-state index < -0.39 is 0 Å². The molecule has 1 N–H and O–H groups in total. The van der Waals surface area contributed by atoms with Crippen LogP contribution in [0.2, 0.25) is 0 Å². The Morgan fingerprint density at radius 3 is 2.57 bits per heavy atom. The summed E-state index contributed by atoms with van der Waals surface area (Å²) in [5, 5.41) is 3.44. The highest BCUT2D eigenvalue weighted by Crippen LogP contribution is 2.34. The monoisotopic (exact) mass is 398 g/mol. The number of carbonyl (C=O) groups is 2. The quantitative estimate of drug-likeness (QED) is 0.698. The number of rotatable bonds is 7. The van der Waals surface area contributed by atoms with Crippen LogP contribution in [-0.2, 0) is 16.0 Å². The Labute approximate surface area is 170 Å². The molecule has 1 heterocycles. The maximum Gasteiger partial charge on any atom is 0.228 e. The van der Waals surface area contributed by atoms with Crippen LogP contribution < -0.4 is 15.0 Å². The molecule has 0 aromatic heterocycles. The lowest BCUT2D eigenvalue weighted by molar-refractivity contribution is -0.117. The Bertz CT molecular complexity index is 849. The van der Waals surface area contributed by atoms with Gasteiger partial charge in [0.1, 0.15) is 5.75 Å². The molecule has 0 atom stereocenters. The zero-order valence-corrected chi connectivity index (χ0v) is 17.3. The first kappa shape index (κ1) is 20.3. The maximum atomic E-state index is 12.4. The Kier molecular flexibility index (Phi) is 6.62. The minimum Gasteiger partial charge on any atom is -0.494 e. The first-order chi connectivity index (χ1) is 13.5. The van der Waals surface area contributed by atoms with Gasteiger partial charge in [0.25, 0.3) is 0 Å². The molecule has 2 aromatic rings. The number of ether oxygens (including phenoxy) is 1. The second-order valence-electron chi connectivity index (χ2n) is 7.07. The number of nitrogens with zero attached hydrogens (tertiary/aromatic N) is 1. The summed E-state index contributed by atoms with van der Waals surface area (Å²) in [6.45, 7) is 5.02. The molecule has 5 nitrogen and oxygen atoms in total. The second-order valence-corrected chi connectivity index (χ2v) is 8.72. The molecule has 0 bridgehead atoms. The number of hydrogen-bond acceptors (Lipinski definition) is 4. The van der Waals surface area contributed by atoms with Crippen LogP contribution in [0, 0.1) is 0 Å². The molecule has 3 rings (SSSR count). The average molecular weight is 399 g/mol. The molecule has 1 fully saturated rings. The van der Waals surface area contributed by atoms with Crippen molar-refractivity contribution >= 4 is 35.0 Å². The van der Waals surface area contributed by atoms with Gasteiger partial charge in [0, 0.05) is 34.9 Å². The van der Waals surface area contributed by atoms with Crippen molar-refractivity contribution in [2.45, 2.75) is 43.3 Å². The van der Waals surface area contributed by atoms with Crippen LogP contribution in [-0.4, -0.2) is 30.7 Å². The first-order valence-electron chi connectivity index (χ1n) is 9.50. The minimum atomic E-state index is -0.0867. The molecule has 148 valence electrons. The predicted molar refractivity (Wildman–Crippen MR) is 114 cm³/mol. The molecule has 1 aliphatic heterocycles. The van der Waals surface area contributed by atoms with Crippen molar-refractivity contribution < 1.29 is 14.3 Å². The molecule has 0 radical (unpaired) electrons. The van der Waals surface area contributed by atoms with Crippen molar-refractivity contribution in [3.63, 3.8) is 0 Å². The van der Waals surface area contributed by atoms with Crippen molar-refractivity contribution in [3.8, 4) is 5.75 Å². The van der Waals surface area contributed by atoms with Crippen LogP contribution in [0.5, 0.6) is 5.75 Å². The fourth-order valence-electron chi connectivity index (χ4n) is 3.23. The Morgan fingerprint density at radius 1 is 1.21 bits per heavy atom. The molecule has 2 amide bonds. The number of hydrogen-bond donors (Lipinski definition) is 1. The van der Waals surface area contributed by atoms with Crippen molar-refractivity contribution in [1.82, 2.24) is 0 Å². The normalized spacial score (nSPS) is 13.9. The second kappa shape index (κ2) is 9.15. The van der Waals surface area contributed by atoms with Gasteiger partial charge < -0.3 is 15.0 Å². The van der Waals surface area contributed by atoms with E-state index in [2.05, 4.69) is 31.3 Å². The highest BCUT2D eigenvalue weighted by atomic mass is 32.2. The predicted octanol–water partition coefficient (Wildman–Crippen LogP) is 4.50. The van der Waals surface area contributed by atoms with E-state index in [1.54, 1.807) is 29.8 Å². The summed E-state index contributed by atoms with van der Waals surface area (Å²) in [5.74, 6) is 0.605. The smallest absolute Gasteiger partial charge is 0.228 e. The molecule has 1 saturated heterocycles. The van der Waals surface area contributed by atoms with E-state index in [0.29, 0.717) is 36.1 Å². The third-order valence-corrected chi connectivity index (χ3v) is 5.50. The summed E-state index contributed by atoms with van der Waals surface area (Å²) in [4.78, 5) is 27.3. The fourth-order valence-corrected chi connectivity index (χ4v) is 4.07. The zero-order valence-electron chi connectivity index (χ0n) is 16.5. The van der Waals surface area contributed by atoms with E-state index >= 15 is 0 Å². The molecule has 0 spiro atoms. The number of anilines is 2. The Hall–Kier alpha value is -2.47. The Morgan fingerprint density at radius 2 is 1.96 bits per heavy atom. The minimum absolute atomic E-state index is 0.0867. The topological polar surface area (TPSA) is 58.6 Å². The van der Waals surface area contributed by atoms with Gasteiger partial charge in [-0.25, -0.2) is 0 Å². The summed E-state index contributed by atoms with van der Waals surface area (Å²) in [7, 11) is 1.57. The van der Waals surface area contributed by atoms with Crippen molar-refractivity contribution in [1.29, 1.82) is 0 Å². The van der Waals surface area contributed by atoms with E-state index in [4.69, 9.17) is 4.74 Å². The summed E-state index contributed by atoms with van der Waals surface area (Å²) in [6.07, 6.45) is 1.73. The van der Waals surface area contributed by atoms with E-state index in [0.717, 1.165) is 17.7 Å². The van der Waals surface area contributed by atoms with Gasteiger partial charge in [0.15, 0.2) is 0 Å². The summed E-state index contributed by atoms with van der Waals surface area (Å²) < 4.78 is 5.44.